The van der Waals surface area contributed by atoms with Crippen molar-refractivity contribution in [2.45, 2.75) is 13.1 Å². The largest absolute Gasteiger partial charge is 0.399 e. The van der Waals surface area contributed by atoms with Gasteiger partial charge in [0, 0.05) is 28.3 Å². The number of nitrogens with two attached hydrogens (primary N) is 1. The highest BCUT2D eigenvalue weighted by Gasteiger charge is 2.05. The van der Waals surface area contributed by atoms with Crippen LogP contribution in [0.15, 0.2) is 46.9 Å². The van der Waals surface area contributed by atoms with Crippen molar-refractivity contribution in [2.75, 3.05) is 12.8 Å². The fraction of sp³-hybridized carbons (Fsp3) is 0.200. The molecule has 0 unspecified atom stereocenters. The van der Waals surface area contributed by atoms with Crippen LogP contribution in [0.5, 0.6) is 0 Å². The van der Waals surface area contributed by atoms with E-state index in [-0.39, 0.29) is 0 Å². The second kappa shape index (κ2) is 6.42. The first-order valence-electron chi connectivity index (χ1n) is 6.01. The summed E-state index contributed by atoms with van der Waals surface area (Å²) in [6, 6.07) is 13.9. The van der Waals surface area contributed by atoms with E-state index < -0.39 is 0 Å². The lowest BCUT2D eigenvalue weighted by atomic mass is 10.1. The zero-order chi connectivity index (χ0) is 13.8. The Morgan fingerprint density at radius 2 is 1.79 bits per heavy atom. The average Bonchev–Trinajstić information content (AvgIpc) is 2.36. The fourth-order valence-electron chi connectivity index (χ4n) is 1.94. The number of hydrogen-bond acceptors (Lipinski definition) is 2. The smallest absolute Gasteiger partial charge is 0.0406 e. The maximum absolute atomic E-state index is 5.88. The summed E-state index contributed by atoms with van der Waals surface area (Å²) < 4.78 is 1.05. The van der Waals surface area contributed by atoms with Gasteiger partial charge in [0.25, 0.3) is 0 Å². The van der Waals surface area contributed by atoms with E-state index >= 15 is 0 Å². The summed E-state index contributed by atoms with van der Waals surface area (Å²) in [5, 5.41) is 0.771. The predicted octanol–water partition coefficient (Wildman–Crippen LogP) is 4.32. The molecule has 2 aromatic carbocycles. The van der Waals surface area contributed by atoms with Crippen LogP contribution >= 0.6 is 27.5 Å². The van der Waals surface area contributed by atoms with Gasteiger partial charge in [-0.25, -0.2) is 0 Å². The monoisotopic (exact) mass is 338 g/mol. The molecule has 2 N–H and O–H groups in total. The van der Waals surface area contributed by atoms with E-state index in [2.05, 4.69) is 46.1 Å². The van der Waals surface area contributed by atoms with Crippen LogP contribution in [0.3, 0.4) is 0 Å². The molecule has 0 aromatic heterocycles. The Hall–Kier alpha value is -1.03. The number of benzene rings is 2. The van der Waals surface area contributed by atoms with E-state index in [4.69, 9.17) is 17.3 Å². The van der Waals surface area contributed by atoms with Gasteiger partial charge in [-0.3, -0.25) is 4.90 Å². The molecule has 19 heavy (non-hydrogen) atoms. The third-order valence-corrected chi connectivity index (χ3v) is 3.87. The first-order valence-corrected chi connectivity index (χ1v) is 7.18. The molecule has 2 rings (SSSR count). The van der Waals surface area contributed by atoms with Crippen LogP contribution in [0, 0.1) is 0 Å². The Balaban J connectivity index is 2.01. The highest BCUT2D eigenvalue weighted by Crippen LogP contribution is 2.21. The van der Waals surface area contributed by atoms with Gasteiger partial charge in [-0.05, 0) is 42.4 Å². The van der Waals surface area contributed by atoms with E-state index in [1.165, 1.54) is 11.1 Å². The lowest BCUT2D eigenvalue weighted by Gasteiger charge is -2.18. The number of rotatable bonds is 4. The highest BCUT2D eigenvalue weighted by molar-refractivity contribution is 9.10. The van der Waals surface area contributed by atoms with Crippen molar-refractivity contribution in [3.8, 4) is 0 Å². The number of anilines is 1. The molecule has 4 heteroatoms. The minimum Gasteiger partial charge on any atom is -0.399 e. The van der Waals surface area contributed by atoms with Crippen LogP contribution < -0.4 is 5.73 Å². The van der Waals surface area contributed by atoms with E-state index in [0.717, 1.165) is 28.3 Å². The SMILES string of the molecule is CN(Cc1ccc(Cl)cc1)Cc1ccc(N)cc1Br. The molecule has 100 valence electrons. The topological polar surface area (TPSA) is 29.3 Å². The van der Waals surface area contributed by atoms with Gasteiger partial charge in [-0.2, -0.15) is 0 Å². The maximum Gasteiger partial charge on any atom is 0.0406 e. The van der Waals surface area contributed by atoms with Gasteiger partial charge in [-0.1, -0.05) is 45.7 Å². The van der Waals surface area contributed by atoms with E-state index in [1.807, 2.05) is 24.3 Å². The normalized spacial score (nSPS) is 10.9. The quantitative estimate of drug-likeness (QED) is 0.841. The first-order chi connectivity index (χ1) is 9.04. The summed E-state index contributed by atoms with van der Waals surface area (Å²) in [6.07, 6.45) is 0. The summed E-state index contributed by atoms with van der Waals surface area (Å²) >= 11 is 9.43. The molecule has 0 saturated carbocycles. The number of halogens is 2. The predicted molar refractivity (Wildman–Crippen MR) is 85.2 cm³/mol. The minimum absolute atomic E-state index is 0.771. The second-order valence-corrected chi connectivity index (χ2v) is 5.94. The molecular formula is C15H16BrClN2. The van der Waals surface area contributed by atoms with Gasteiger partial charge >= 0.3 is 0 Å². The molecular weight excluding hydrogens is 324 g/mol. The molecule has 0 spiro atoms. The lowest BCUT2D eigenvalue weighted by molar-refractivity contribution is 0.318. The summed E-state index contributed by atoms with van der Waals surface area (Å²) in [5.41, 5.74) is 8.99. The van der Waals surface area contributed by atoms with Crippen molar-refractivity contribution in [3.05, 3.63) is 63.1 Å². The second-order valence-electron chi connectivity index (χ2n) is 4.65. The fourth-order valence-corrected chi connectivity index (χ4v) is 2.59. The van der Waals surface area contributed by atoms with Crippen molar-refractivity contribution >= 4 is 33.2 Å². The Morgan fingerprint density at radius 3 is 2.42 bits per heavy atom. The molecule has 0 aliphatic heterocycles. The van der Waals surface area contributed by atoms with Crippen molar-refractivity contribution in [1.82, 2.24) is 4.90 Å². The van der Waals surface area contributed by atoms with Crippen LogP contribution in [0.2, 0.25) is 5.02 Å². The molecule has 0 radical (unpaired) electrons. The molecule has 2 nitrogen and oxygen atoms in total. The van der Waals surface area contributed by atoms with Gasteiger partial charge in [0.1, 0.15) is 0 Å². The van der Waals surface area contributed by atoms with Crippen molar-refractivity contribution in [2.24, 2.45) is 0 Å². The Morgan fingerprint density at radius 1 is 1.11 bits per heavy atom. The number of nitrogens with zero attached hydrogens (tertiary/aromatic N) is 1. The molecule has 0 saturated heterocycles. The molecule has 0 atom stereocenters. The molecule has 0 heterocycles. The molecule has 0 fully saturated rings. The summed E-state index contributed by atoms with van der Waals surface area (Å²) in [4.78, 5) is 2.25. The van der Waals surface area contributed by atoms with Gasteiger partial charge in [-0.15, -0.1) is 0 Å². The maximum atomic E-state index is 5.88. The van der Waals surface area contributed by atoms with Crippen molar-refractivity contribution < 1.29 is 0 Å². The summed E-state index contributed by atoms with van der Waals surface area (Å²) in [6.45, 7) is 1.75. The van der Waals surface area contributed by atoms with Crippen LogP contribution in [-0.4, -0.2) is 11.9 Å². The van der Waals surface area contributed by atoms with Crippen molar-refractivity contribution in [1.29, 1.82) is 0 Å². The van der Waals surface area contributed by atoms with Crippen molar-refractivity contribution in [3.63, 3.8) is 0 Å². The third-order valence-electron chi connectivity index (χ3n) is 2.88. The van der Waals surface area contributed by atoms with Crippen LogP contribution in [-0.2, 0) is 13.1 Å². The van der Waals surface area contributed by atoms with E-state index in [0.29, 0.717) is 0 Å². The summed E-state index contributed by atoms with van der Waals surface area (Å²) in [7, 11) is 2.09. The summed E-state index contributed by atoms with van der Waals surface area (Å²) in [5.74, 6) is 0. The highest BCUT2D eigenvalue weighted by atomic mass is 79.9. The van der Waals surface area contributed by atoms with Crippen LogP contribution in [0.1, 0.15) is 11.1 Å². The minimum atomic E-state index is 0.771. The van der Waals surface area contributed by atoms with E-state index in [9.17, 15) is 0 Å². The third kappa shape index (κ3) is 4.23. The molecule has 2 aromatic rings. The molecule has 0 aliphatic carbocycles. The average molecular weight is 340 g/mol. The Kier molecular flexibility index (Phi) is 4.86. The van der Waals surface area contributed by atoms with Gasteiger partial charge in [0.15, 0.2) is 0 Å². The van der Waals surface area contributed by atoms with Crippen LogP contribution in [0.25, 0.3) is 0 Å². The number of hydrogen-bond donors (Lipinski definition) is 1. The molecule has 0 aliphatic rings. The zero-order valence-electron chi connectivity index (χ0n) is 10.7. The standard InChI is InChI=1S/C15H16BrClN2/c1-19(9-11-2-5-13(17)6-3-11)10-12-4-7-14(18)8-15(12)16/h2-8H,9-10,18H2,1H3. The Bertz CT molecular complexity index is 555. The Labute approximate surface area is 127 Å². The van der Waals surface area contributed by atoms with Gasteiger partial charge < -0.3 is 5.73 Å². The van der Waals surface area contributed by atoms with Gasteiger partial charge in [0.2, 0.25) is 0 Å². The first kappa shape index (κ1) is 14.4. The molecule has 0 amide bonds. The zero-order valence-corrected chi connectivity index (χ0v) is 13.1. The van der Waals surface area contributed by atoms with Crippen LogP contribution in [0.4, 0.5) is 5.69 Å². The van der Waals surface area contributed by atoms with E-state index in [1.54, 1.807) is 0 Å². The lowest BCUT2D eigenvalue weighted by Crippen LogP contribution is -2.17. The number of nitrogen functional groups attached to an aromatic ring is 1. The van der Waals surface area contributed by atoms with Gasteiger partial charge in [0.05, 0.1) is 0 Å². The molecule has 0 bridgehead atoms.